The van der Waals surface area contributed by atoms with Gasteiger partial charge in [0.05, 0.1) is 52.3 Å². The van der Waals surface area contributed by atoms with Crippen LogP contribution in [0.2, 0.25) is 20.1 Å². The first-order valence-electron chi connectivity index (χ1n) is 10.5. The van der Waals surface area contributed by atoms with Crippen molar-refractivity contribution in [3.8, 4) is 10.6 Å². The van der Waals surface area contributed by atoms with Crippen LogP contribution in [-0.4, -0.2) is 21.5 Å². The molecule has 0 saturated heterocycles. The van der Waals surface area contributed by atoms with E-state index in [-0.39, 0.29) is 5.56 Å². The fourth-order valence-corrected chi connectivity index (χ4v) is 4.91. The van der Waals surface area contributed by atoms with E-state index in [1.165, 1.54) is 41.7 Å². The molecule has 0 spiro atoms. The first kappa shape index (κ1) is 29.6. The number of rotatable bonds is 3. The van der Waals surface area contributed by atoms with Gasteiger partial charge >= 0.3 is 0 Å². The standard InChI is InChI=1S/C12H6Cl2N2OS.C7H6O2S.C6H6Cl2N2/c13-6-4-8-9(5-7(6)14)16-12(17)11(15-8)10-2-1-3-18-10;1-5(8)7(9)6-3-2-4-10-6;7-3-1-5(9)6(10)2-4(3)8/h1-5H,(H,16,17);2-4H,1H3;1-2H,9-10H2. The number of hydrogen-bond donors (Lipinski definition) is 3. The number of H-pyrrole nitrogens is 1. The average Bonchev–Trinajstić information content (AvgIpc) is 3.59. The minimum absolute atomic E-state index is 0.233. The van der Waals surface area contributed by atoms with Gasteiger partial charge in [0.15, 0.2) is 0 Å². The van der Waals surface area contributed by atoms with Crippen molar-refractivity contribution >= 4 is 103 Å². The number of nitrogens with zero attached hydrogens (tertiary/aromatic N) is 1. The maximum Gasteiger partial charge on any atom is 0.275 e. The fraction of sp³-hybridized carbons (Fsp3) is 0.0400. The molecule has 7 nitrogen and oxygen atoms in total. The number of carbonyl (C=O) groups is 2. The lowest BCUT2D eigenvalue weighted by Gasteiger charge is -2.02. The quantitative estimate of drug-likeness (QED) is 0.107. The van der Waals surface area contributed by atoms with Crippen LogP contribution in [-0.2, 0) is 4.79 Å². The highest BCUT2D eigenvalue weighted by atomic mass is 35.5. The van der Waals surface area contributed by atoms with E-state index in [4.69, 9.17) is 57.9 Å². The highest BCUT2D eigenvalue weighted by Crippen LogP contribution is 2.29. The molecule has 3 heterocycles. The minimum Gasteiger partial charge on any atom is -0.397 e. The van der Waals surface area contributed by atoms with Gasteiger partial charge in [-0.15, -0.1) is 22.7 Å². The van der Waals surface area contributed by atoms with Crippen molar-refractivity contribution in [1.29, 1.82) is 0 Å². The molecule has 5 rings (SSSR count). The molecule has 5 aromatic rings. The van der Waals surface area contributed by atoms with E-state index in [2.05, 4.69) is 9.97 Å². The van der Waals surface area contributed by atoms with Gasteiger partial charge in [-0.1, -0.05) is 58.5 Å². The summed E-state index contributed by atoms with van der Waals surface area (Å²) in [6.45, 7) is 1.28. The number of benzene rings is 2. The van der Waals surface area contributed by atoms with E-state index in [1.54, 1.807) is 29.6 Å². The lowest BCUT2D eigenvalue weighted by molar-refractivity contribution is -0.113. The minimum atomic E-state index is -0.401. The molecule has 0 radical (unpaired) electrons. The maximum atomic E-state index is 11.9. The summed E-state index contributed by atoms with van der Waals surface area (Å²) in [7, 11) is 0. The van der Waals surface area contributed by atoms with Gasteiger partial charge in [-0.2, -0.15) is 0 Å². The Balaban J connectivity index is 0.000000171. The van der Waals surface area contributed by atoms with E-state index in [9.17, 15) is 14.4 Å². The number of anilines is 2. The summed E-state index contributed by atoms with van der Waals surface area (Å²) >= 11 is 25.8. The van der Waals surface area contributed by atoms with Crippen molar-refractivity contribution < 1.29 is 9.59 Å². The van der Waals surface area contributed by atoms with Crippen molar-refractivity contribution in [3.63, 3.8) is 0 Å². The summed E-state index contributed by atoms with van der Waals surface area (Å²) in [4.78, 5) is 41.8. The second kappa shape index (κ2) is 13.2. The number of nitrogens with one attached hydrogen (secondary N) is 1. The van der Waals surface area contributed by atoms with Crippen LogP contribution in [0.15, 0.2) is 64.1 Å². The average molecular weight is 628 g/mol. The molecule has 0 aliphatic rings. The molecule has 0 amide bonds. The number of hydrogen-bond acceptors (Lipinski definition) is 8. The molecular formula is C25H18Cl4N4O3S2. The molecule has 0 atom stereocenters. The van der Waals surface area contributed by atoms with Crippen LogP contribution < -0.4 is 17.0 Å². The second-order valence-corrected chi connectivity index (χ2v) is 11.0. The summed E-state index contributed by atoms with van der Waals surface area (Å²) in [6, 6.07) is 13.4. The first-order chi connectivity index (χ1) is 18.0. The largest absolute Gasteiger partial charge is 0.397 e. The summed E-state index contributed by atoms with van der Waals surface area (Å²) in [6.07, 6.45) is 0. The van der Waals surface area contributed by atoms with Crippen LogP contribution in [0.1, 0.15) is 16.6 Å². The third kappa shape index (κ3) is 7.57. The molecule has 0 saturated carbocycles. The van der Waals surface area contributed by atoms with Gasteiger partial charge < -0.3 is 16.5 Å². The van der Waals surface area contributed by atoms with Crippen LogP contribution in [0.5, 0.6) is 0 Å². The zero-order chi connectivity index (χ0) is 28.0. The molecule has 2 aromatic carbocycles. The Hall–Kier alpha value is -2.92. The Morgan fingerprint density at radius 3 is 1.92 bits per heavy atom. The van der Waals surface area contributed by atoms with E-state index in [0.717, 1.165) is 4.88 Å². The summed E-state index contributed by atoms with van der Waals surface area (Å²) in [5, 5.41) is 5.33. The number of aromatic amines is 1. The van der Waals surface area contributed by atoms with Gasteiger partial charge in [-0.25, -0.2) is 4.98 Å². The second-order valence-electron chi connectivity index (χ2n) is 7.43. The van der Waals surface area contributed by atoms with Gasteiger partial charge in [-0.3, -0.25) is 14.4 Å². The molecule has 13 heteroatoms. The zero-order valence-corrected chi connectivity index (χ0v) is 24.1. The zero-order valence-electron chi connectivity index (χ0n) is 19.4. The van der Waals surface area contributed by atoms with Gasteiger partial charge in [0.25, 0.3) is 5.56 Å². The number of nitrogens with two attached hydrogens (primary N) is 2. The summed E-state index contributed by atoms with van der Waals surface area (Å²) in [5.41, 5.74) is 13.1. The number of aromatic nitrogens is 2. The molecule has 3 aromatic heterocycles. The van der Waals surface area contributed by atoms with Crippen LogP contribution in [0.4, 0.5) is 11.4 Å². The van der Waals surface area contributed by atoms with E-state index < -0.39 is 11.6 Å². The Labute approximate surface area is 244 Å². The smallest absolute Gasteiger partial charge is 0.275 e. The van der Waals surface area contributed by atoms with Crippen molar-refractivity contribution in [2.24, 2.45) is 0 Å². The molecule has 0 unspecified atom stereocenters. The van der Waals surface area contributed by atoms with Crippen LogP contribution in [0.25, 0.3) is 21.6 Å². The lowest BCUT2D eigenvalue weighted by atomic mass is 10.2. The van der Waals surface area contributed by atoms with Gasteiger partial charge in [0.1, 0.15) is 5.69 Å². The Kier molecular flexibility index (Phi) is 10.3. The van der Waals surface area contributed by atoms with Crippen molar-refractivity contribution in [2.45, 2.75) is 6.92 Å². The number of fused-ring (bicyclic) bond motifs is 1. The Bertz CT molecular complexity index is 1600. The molecule has 5 N–H and O–H groups in total. The summed E-state index contributed by atoms with van der Waals surface area (Å²) in [5.74, 6) is -0.794. The molecule has 0 aliphatic carbocycles. The van der Waals surface area contributed by atoms with E-state index in [0.29, 0.717) is 53.1 Å². The topological polar surface area (TPSA) is 132 Å². The number of Topliss-reactive ketones (excluding diaryl/α,β-unsaturated/α-hetero) is 2. The third-order valence-corrected chi connectivity index (χ3v) is 7.87. The predicted octanol–water partition coefficient (Wildman–Crippen LogP) is 7.64. The van der Waals surface area contributed by atoms with Crippen LogP contribution in [0, 0.1) is 0 Å². The number of thiophene rings is 2. The third-order valence-electron chi connectivity index (χ3n) is 4.68. The Morgan fingerprint density at radius 2 is 1.39 bits per heavy atom. The number of carbonyl (C=O) groups excluding carboxylic acids is 2. The molecule has 0 bridgehead atoms. The van der Waals surface area contributed by atoms with Crippen molar-refractivity contribution in [2.75, 3.05) is 11.5 Å². The predicted molar refractivity (Wildman–Crippen MR) is 160 cm³/mol. The molecule has 38 heavy (non-hydrogen) atoms. The Morgan fingerprint density at radius 1 is 0.842 bits per heavy atom. The monoisotopic (exact) mass is 626 g/mol. The van der Waals surface area contributed by atoms with Gasteiger partial charge in [0.2, 0.25) is 11.6 Å². The first-order valence-corrected chi connectivity index (χ1v) is 13.8. The van der Waals surface area contributed by atoms with Crippen molar-refractivity contribution in [3.05, 3.63) is 94.6 Å². The highest BCUT2D eigenvalue weighted by Gasteiger charge is 2.11. The normalized spacial score (nSPS) is 10.2. The van der Waals surface area contributed by atoms with Crippen LogP contribution >= 0.6 is 69.1 Å². The fourth-order valence-electron chi connectivity index (χ4n) is 2.82. The number of nitrogen functional groups attached to an aromatic ring is 2. The lowest BCUT2D eigenvalue weighted by Crippen LogP contribution is -2.10. The number of halogens is 4. The van der Waals surface area contributed by atoms with Gasteiger partial charge in [-0.05, 0) is 47.2 Å². The molecule has 0 fully saturated rings. The molecule has 196 valence electrons. The summed E-state index contributed by atoms with van der Waals surface area (Å²) < 4.78 is 0. The molecular weight excluding hydrogens is 610 g/mol. The van der Waals surface area contributed by atoms with Crippen molar-refractivity contribution in [1.82, 2.24) is 9.97 Å². The van der Waals surface area contributed by atoms with E-state index in [1.807, 2.05) is 17.5 Å². The van der Waals surface area contributed by atoms with E-state index >= 15 is 0 Å². The van der Waals surface area contributed by atoms with Crippen LogP contribution in [0.3, 0.4) is 0 Å². The van der Waals surface area contributed by atoms with Gasteiger partial charge in [0, 0.05) is 6.92 Å². The maximum absolute atomic E-state index is 11.9. The molecule has 0 aliphatic heterocycles. The highest BCUT2D eigenvalue weighted by molar-refractivity contribution is 7.13. The number of ketones is 2. The SMILES string of the molecule is CC(=O)C(=O)c1cccs1.Nc1cc(Cl)c(Cl)cc1N.O=c1[nH]c2cc(Cl)c(Cl)cc2nc1-c1cccs1.